The molecule has 4 rings (SSSR count). The maximum absolute atomic E-state index is 2.26. The Balaban J connectivity index is 1.95. The molecule has 1 heteroatoms. The van der Waals surface area contributed by atoms with Gasteiger partial charge in [0.05, 0.1) is 0 Å². The maximum Gasteiger partial charge on any atom is -0.0104 e. The third kappa shape index (κ3) is 2.54. The van der Waals surface area contributed by atoms with Gasteiger partial charge in [0.2, 0.25) is 0 Å². The van der Waals surface area contributed by atoms with Crippen molar-refractivity contribution in [3.05, 3.63) is 83.9 Å². The molecule has 4 aromatic rings. The van der Waals surface area contributed by atoms with Crippen LogP contribution >= 0.6 is 8.58 Å². The normalized spacial score (nSPS) is 11.2. The average molecular weight is 314 g/mol. The summed E-state index contributed by atoms with van der Waals surface area (Å²) in [5.74, 6) is 0. The van der Waals surface area contributed by atoms with E-state index in [9.17, 15) is 0 Å². The zero-order valence-electron chi connectivity index (χ0n) is 13.4. The van der Waals surface area contributed by atoms with Crippen molar-refractivity contribution < 1.29 is 0 Å². The summed E-state index contributed by atoms with van der Waals surface area (Å²) in [5, 5.41) is 8.39. The zero-order chi connectivity index (χ0) is 15.8. The van der Waals surface area contributed by atoms with Crippen LogP contribution in [0.5, 0.6) is 0 Å². The zero-order valence-corrected chi connectivity index (χ0v) is 14.4. The Kier molecular flexibility index (Phi) is 3.63. The van der Waals surface area contributed by atoms with E-state index in [4.69, 9.17) is 0 Å². The number of hydrogen-bond donors (Lipinski definition) is 0. The van der Waals surface area contributed by atoms with Crippen LogP contribution in [0.15, 0.2) is 72.8 Å². The second-order valence-electron chi connectivity index (χ2n) is 6.08. The average Bonchev–Trinajstić information content (AvgIpc) is 2.59. The molecule has 0 heterocycles. The highest BCUT2D eigenvalue weighted by Gasteiger charge is 2.10. The highest BCUT2D eigenvalue weighted by Crippen LogP contribution is 2.27. The molecule has 0 bridgehead atoms. The molecule has 0 radical (unpaired) electrons. The minimum atomic E-state index is 0.682. The minimum absolute atomic E-state index is 0.682. The van der Waals surface area contributed by atoms with Crippen LogP contribution in [0.3, 0.4) is 0 Å². The number of rotatable bonds is 2. The molecule has 0 amide bonds. The molecule has 112 valence electrons. The molecule has 0 fully saturated rings. The van der Waals surface area contributed by atoms with E-state index in [1.807, 2.05) is 0 Å². The molecule has 23 heavy (non-hydrogen) atoms. The third-order valence-corrected chi connectivity index (χ3v) is 6.35. The van der Waals surface area contributed by atoms with Gasteiger partial charge < -0.3 is 0 Å². The smallest absolute Gasteiger partial charge is 0.0104 e. The lowest BCUT2D eigenvalue weighted by molar-refractivity contribution is 1.53. The Morgan fingerprint density at radius 3 is 1.43 bits per heavy atom. The summed E-state index contributed by atoms with van der Waals surface area (Å²) in [6.45, 7) is 4.46. The van der Waals surface area contributed by atoms with E-state index < -0.39 is 0 Å². The van der Waals surface area contributed by atoms with Gasteiger partial charge in [0.1, 0.15) is 0 Å². The van der Waals surface area contributed by atoms with E-state index in [1.54, 1.807) is 0 Å². The summed E-state index contributed by atoms with van der Waals surface area (Å²) < 4.78 is 0. The second-order valence-corrected chi connectivity index (χ2v) is 7.33. The molecule has 0 N–H and O–H groups in total. The van der Waals surface area contributed by atoms with Gasteiger partial charge in [0.15, 0.2) is 0 Å². The van der Waals surface area contributed by atoms with Crippen molar-refractivity contribution in [2.75, 3.05) is 0 Å². The molecule has 0 atom stereocenters. The molecule has 0 saturated carbocycles. The van der Waals surface area contributed by atoms with E-state index in [1.165, 1.54) is 43.3 Å². The van der Waals surface area contributed by atoms with Gasteiger partial charge >= 0.3 is 0 Å². The van der Waals surface area contributed by atoms with E-state index >= 15 is 0 Å². The first-order chi connectivity index (χ1) is 11.2. The lowest BCUT2D eigenvalue weighted by atomic mass is 10.1. The van der Waals surface area contributed by atoms with Crippen LogP contribution < -0.4 is 10.6 Å². The molecule has 0 spiro atoms. The van der Waals surface area contributed by atoms with Crippen LogP contribution in [0.4, 0.5) is 0 Å². The van der Waals surface area contributed by atoms with Crippen molar-refractivity contribution in [1.82, 2.24) is 0 Å². The van der Waals surface area contributed by atoms with Crippen LogP contribution in [0.2, 0.25) is 0 Å². The van der Waals surface area contributed by atoms with Gasteiger partial charge in [-0.2, -0.15) is 0 Å². The Labute approximate surface area is 138 Å². The van der Waals surface area contributed by atoms with Crippen LogP contribution in [-0.2, 0) is 0 Å². The summed E-state index contributed by atoms with van der Waals surface area (Å²) in [4.78, 5) is 0. The summed E-state index contributed by atoms with van der Waals surface area (Å²) in [6.07, 6.45) is 0. The molecular weight excluding hydrogens is 295 g/mol. The van der Waals surface area contributed by atoms with Crippen molar-refractivity contribution in [3.8, 4) is 0 Å². The van der Waals surface area contributed by atoms with Crippen LogP contribution in [-0.4, -0.2) is 0 Å². The molecule has 0 unspecified atom stereocenters. The quantitative estimate of drug-likeness (QED) is 0.444. The van der Waals surface area contributed by atoms with Crippen molar-refractivity contribution >= 4 is 40.7 Å². The van der Waals surface area contributed by atoms with Crippen molar-refractivity contribution in [2.45, 2.75) is 13.8 Å². The summed E-state index contributed by atoms with van der Waals surface area (Å²) in [5.41, 5.74) is 2.77. The van der Waals surface area contributed by atoms with Gasteiger partial charge in [-0.15, -0.1) is 0 Å². The van der Waals surface area contributed by atoms with E-state index in [0.29, 0.717) is 8.58 Å². The van der Waals surface area contributed by atoms with Crippen LogP contribution in [0, 0.1) is 13.8 Å². The Morgan fingerprint density at radius 2 is 0.957 bits per heavy atom. The Hall–Kier alpha value is -2.17. The first-order valence-electron chi connectivity index (χ1n) is 7.98. The minimum Gasteiger partial charge on any atom is -0.0616 e. The predicted molar refractivity (Wildman–Crippen MR) is 105 cm³/mol. The largest absolute Gasteiger partial charge is 0.0616 e. The molecule has 0 aliphatic rings. The molecule has 0 nitrogen and oxygen atoms in total. The maximum atomic E-state index is 2.26. The van der Waals surface area contributed by atoms with Crippen molar-refractivity contribution in [2.24, 2.45) is 0 Å². The van der Waals surface area contributed by atoms with Crippen molar-refractivity contribution in [3.63, 3.8) is 0 Å². The number of benzene rings is 4. The first kappa shape index (κ1) is 14.4. The van der Waals surface area contributed by atoms with E-state index in [-0.39, 0.29) is 0 Å². The number of hydrogen-bond acceptors (Lipinski definition) is 0. The van der Waals surface area contributed by atoms with E-state index in [0.717, 1.165) is 0 Å². The lowest BCUT2D eigenvalue weighted by Gasteiger charge is -2.14. The SMILES string of the molecule is Cc1ccc2ccccc2c1Pc1c(C)ccc2ccccc12. The van der Waals surface area contributed by atoms with Gasteiger partial charge in [-0.05, 0) is 57.1 Å². The van der Waals surface area contributed by atoms with Gasteiger partial charge in [0, 0.05) is 0 Å². The predicted octanol–water partition coefficient (Wildman–Crippen LogP) is 5.24. The van der Waals surface area contributed by atoms with Gasteiger partial charge in [-0.25, -0.2) is 0 Å². The first-order valence-corrected chi connectivity index (χ1v) is 8.98. The highest BCUT2D eigenvalue weighted by atomic mass is 31.1. The lowest BCUT2D eigenvalue weighted by Crippen LogP contribution is -2.11. The fraction of sp³-hybridized carbons (Fsp3) is 0.0909. The van der Waals surface area contributed by atoms with Crippen LogP contribution in [0.25, 0.3) is 21.5 Å². The van der Waals surface area contributed by atoms with Crippen molar-refractivity contribution in [1.29, 1.82) is 0 Å². The fourth-order valence-electron chi connectivity index (χ4n) is 3.22. The molecular formula is C22H19P. The molecule has 0 aliphatic carbocycles. The standard InChI is InChI=1S/C22H19P/c1-15-11-13-17-7-3-5-9-19(17)21(15)23-22-16(2)12-14-18-8-4-6-10-20(18)22/h3-14,23H,1-2H3. The third-order valence-electron chi connectivity index (χ3n) is 4.52. The van der Waals surface area contributed by atoms with E-state index in [2.05, 4.69) is 86.6 Å². The highest BCUT2D eigenvalue weighted by molar-refractivity contribution is 7.57. The summed E-state index contributed by atoms with van der Waals surface area (Å²) in [6, 6.07) is 26.4. The molecule has 0 saturated heterocycles. The Morgan fingerprint density at radius 1 is 0.522 bits per heavy atom. The monoisotopic (exact) mass is 314 g/mol. The molecule has 0 aliphatic heterocycles. The Bertz CT molecular complexity index is 931. The second kappa shape index (κ2) is 5.80. The topological polar surface area (TPSA) is 0 Å². The number of aryl methyl sites for hydroxylation is 2. The molecule has 4 aromatic carbocycles. The molecule has 0 aromatic heterocycles. The summed E-state index contributed by atoms with van der Waals surface area (Å²) in [7, 11) is 0.682. The van der Waals surface area contributed by atoms with Gasteiger partial charge in [0.25, 0.3) is 0 Å². The van der Waals surface area contributed by atoms with Gasteiger partial charge in [-0.1, -0.05) is 81.4 Å². The van der Waals surface area contributed by atoms with Gasteiger partial charge in [-0.3, -0.25) is 0 Å². The summed E-state index contributed by atoms with van der Waals surface area (Å²) >= 11 is 0. The fourth-order valence-corrected chi connectivity index (χ4v) is 4.75. The van der Waals surface area contributed by atoms with Crippen LogP contribution in [0.1, 0.15) is 11.1 Å². The number of fused-ring (bicyclic) bond motifs is 2.